The molecule has 1 heterocycles. The third kappa shape index (κ3) is 4.94. The number of alkyl halides is 1. The topological polar surface area (TPSA) is 49.4 Å². The summed E-state index contributed by atoms with van der Waals surface area (Å²) >= 11 is 5.56. The first-order valence-corrected chi connectivity index (χ1v) is 6.84. The van der Waals surface area contributed by atoms with Crippen molar-refractivity contribution < 1.29 is 9.59 Å². The second kappa shape index (κ2) is 7.54. The number of carbonyl (C=O) groups is 2. The van der Waals surface area contributed by atoms with Gasteiger partial charge in [-0.05, 0) is 19.3 Å². The number of nitrogens with zero attached hydrogens (tertiary/aromatic N) is 1. The molecule has 1 aliphatic heterocycles. The SMILES string of the molecule is CCC(=O)NC1CCN(C(=O)CCCCl)CC1. The highest BCUT2D eigenvalue weighted by atomic mass is 35.5. The maximum absolute atomic E-state index is 11.7. The molecular weight excluding hydrogens is 240 g/mol. The minimum Gasteiger partial charge on any atom is -0.353 e. The lowest BCUT2D eigenvalue weighted by Crippen LogP contribution is -2.46. The lowest BCUT2D eigenvalue weighted by atomic mass is 10.0. The predicted octanol–water partition coefficient (Wildman–Crippen LogP) is 1.52. The van der Waals surface area contributed by atoms with Gasteiger partial charge in [0.2, 0.25) is 11.8 Å². The molecule has 0 unspecified atom stereocenters. The summed E-state index contributed by atoms with van der Waals surface area (Å²) in [5, 5.41) is 2.97. The largest absolute Gasteiger partial charge is 0.353 e. The Bertz CT molecular complexity index is 263. The van der Waals surface area contributed by atoms with Gasteiger partial charge in [0.25, 0.3) is 0 Å². The van der Waals surface area contributed by atoms with Gasteiger partial charge in [0.1, 0.15) is 0 Å². The van der Waals surface area contributed by atoms with E-state index in [4.69, 9.17) is 11.6 Å². The Morgan fingerprint density at radius 1 is 1.35 bits per heavy atom. The second-order valence-corrected chi connectivity index (χ2v) is 4.75. The number of nitrogens with one attached hydrogen (secondary N) is 1. The smallest absolute Gasteiger partial charge is 0.222 e. The van der Waals surface area contributed by atoms with E-state index in [1.54, 1.807) is 0 Å². The minimum atomic E-state index is 0.0944. The number of likely N-dealkylation sites (tertiary alicyclic amines) is 1. The fourth-order valence-electron chi connectivity index (χ4n) is 1.98. The first-order valence-electron chi connectivity index (χ1n) is 6.30. The van der Waals surface area contributed by atoms with Gasteiger partial charge in [-0.25, -0.2) is 0 Å². The molecule has 0 spiro atoms. The Morgan fingerprint density at radius 3 is 2.53 bits per heavy atom. The Kier molecular flexibility index (Phi) is 6.34. The van der Waals surface area contributed by atoms with Crippen LogP contribution in [0.2, 0.25) is 0 Å². The van der Waals surface area contributed by atoms with Crippen molar-refractivity contribution in [2.24, 2.45) is 0 Å². The maximum Gasteiger partial charge on any atom is 0.222 e. The van der Waals surface area contributed by atoms with Gasteiger partial charge in [-0.15, -0.1) is 11.6 Å². The Hall–Kier alpha value is -0.770. The fraction of sp³-hybridized carbons (Fsp3) is 0.833. The van der Waals surface area contributed by atoms with Crippen molar-refractivity contribution >= 4 is 23.4 Å². The molecule has 98 valence electrons. The molecule has 1 fully saturated rings. The van der Waals surface area contributed by atoms with Crippen LogP contribution in [-0.4, -0.2) is 41.7 Å². The van der Waals surface area contributed by atoms with E-state index in [-0.39, 0.29) is 17.9 Å². The number of rotatable bonds is 5. The van der Waals surface area contributed by atoms with Crippen LogP contribution >= 0.6 is 11.6 Å². The average molecular weight is 261 g/mol. The van der Waals surface area contributed by atoms with Gasteiger partial charge in [-0.2, -0.15) is 0 Å². The highest BCUT2D eigenvalue weighted by molar-refractivity contribution is 6.17. The first-order chi connectivity index (χ1) is 8.17. The third-order valence-electron chi connectivity index (χ3n) is 3.06. The monoisotopic (exact) mass is 260 g/mol. The number of carbonyl (C=O) groups excluding carboxylic acids is 2. The van der Waals surface area contributed by atoms with E-state index in [1.165, 1.54) is 0 Å². The molecule has 4 nitrogen and oxygen atoms in total. The average Bonchev–Trinajstić information content (AvgIpc) is 2.36. The van der Waals surface area contributed by atoms with E-state index >= 15 is 0 Å². The molecule has 1 N–H and O–H groups in total. The molecule has 0 aliphatic carbocycles. The van der Waals surface area contributed by atoms with Gasteiger partial charge in [0.05, 0.1) is 0 Å². The first kappa shape index (κ1) is 14.3. The highest BCUT2D eigenvalue weighted by Crippen LogP contribution is 2.12. The van der Waals surface area contributed by atoms with E-state index in [2.05, 4.69) is 5.32 Å². The van der Waals surface area contributed by atoms with Crippen molar-refractivity contribution in [3.05, 3.63) is 0 Å². The van der Waals surface area contributed by atoms with Crippen LogP contribution in [0.5, 0.6) is 0 Å². The van der Waals surface area contributed by atoms with Crippen LogP contribution in [0.3, 0.4) is 0 Å². The van der Waals surface area contributed by atoms with Crippen molar-refractivity contribution in [3.8, 4) is 0 Å². The molecule has 0 atom stereocenters. The van der Waals surface area contributed by atoms with Gasteiger partial charge in [0.15, 0.2) is 0 Å². The van der Waals surface area contributed by atoms with Crippen LogP contribution in [0.15, 0.2) is 0 Å². The van der Waals surface area contributed by atoms with Crippen LogP contribution in [0.1, 0.15) is 39.0 Å². The normalized spacial score (nSPS) is 16.9. The van der Waals surface area contributed by atoms with Crippen LogP contribution in [0, 0.1) is 0 Å². The molecule has 2 amide bonds. The van der Waals surface area contributed by atoms with Crippen molar-refractivity contribution in [1.29, 1.82) is 0 Å². The summed E-state index contributed by atoms with van der Waals surface area (Å²) in [6.07, 6.45) is 3.52. The van der Waals surface area contributed by atoms with Crippen molar-refractivity contribution in [1.82, 2.24) is 10.2 Å². The number of hydrogen-bond donors (Lipinski definition) is 1. The molecule has 17 heavy (non-hydrogen) atoms. The van der Waals surface area contributed by atoms with E-state index < -0.39 is 0 Å². The molecular formula is C12H21ClN2O2. The summed E-state index contributed by atoms with van der Waals surface area (Å²) in [5.41, 5.74) is 0. The van der Waals surface area contributed by atoms with Gasteiger partial charge in [-0.1, -0.05) is 6.92 Å². The molecule has 0 aromatic rings. The van der Waals surface area contributed by atoms with Crippen LogP contribution in [-0.2, 0) is 9.59 Å². The molecule has 0 aromatic carbocycles. The highest BCUT2D eigenvalue weighted by Gasteiger charge is 2.22. The van der Waals surface area contributed by atoms with Crippen LogP contribution < -0.4 is 5.32 Å². The Morgan fingerprint density at radius 2 is 2.00 bits per heavy atom. The lowest BCUT2D eigenvalue weighted by Gasteiger charge is -2.32. The summed E-state index contributed by atoms with van der Waals surface area (Å²) in [5.74, 6) is 0.817. The molecule has 1 aliphatic rings. The number of piperidine rings is 1. The molecule has 0 aromatic heterocycles. The van der Waals surface area contributed by atoms with Gasteiger partial charge in [-0.3, -0.25) is 9.59 Å². The number of halogens is 1. The predicted molar refractivity (Wildman–Crippen MR) is 68.0 cm³/mol. The van der Waals surface area contributed by atoms with Gasteiger partial charge >= 0.3 is 0 Å². The third-order valence-corrected chi connectivity index (χ3v) is 3.33. The summed E-state index contributed by atoms with van der Waals surface area (Å²) in [6, 6.07) is 0.236. The zero-order chi connectivity index (χ0) is 12.7. The molecule has 0 radical (unpaired) electrons. The Balaban J connectivity index is 2.25. The number of hydrogen-bond acceptors (Lipinski definition) is 2. The van der Waals surface area contributed by atoms with Crippen molar-refractivity contribution in [2.45, 2.75) is 45.1 Å². The minimum absolute atomic E-state index is 0.0944. The number of amides is 2. The molecule has 0 bridgehead atoms. The van der Waals surface area contributed by atoms with Crippen molar-refractivity contribution in [2.75, 3.05) is 19.0 Å². The molecule has 1 saturated heterocycles. The summed E-state index contributed by atoms with van der Waals surface area (Å²) in [6.45, 7) is 3.34. The molecule has 5 heteroatoms. The standard InChI is InChI=1S/C12H21ClN2O2/c1-2-11(16)14-10-5-8-15(9-6-10)12(17)4-3-7-13/h10H,2-9H2,1H3,(H,14,16). The van der Waals surface area contributed by atoms with Gasteiger partial charge in [0, 0.05) is 37.9 Å². The van der Waals surface area contributed by atoms with E-state index in [1.807, 2.05) is 11.8 Å². The van der Waals surface area contributed by atoms with E-state index in [9.17, 15) is 9.59 Å². The fourth-order valence-corrected chi connectivity index (χ4v) is 2.11. The molecule has 1 rings (SSSR count). The zero-order valence-corrected chi connectivity index (χ0v) is 11.1. The second-order valence-electron chi connectivity index (χ2n) is 4.37. The summed E-state index contributed by atoms with van der Waals surface area (Å²) in [7, 11) is 0. The summed E-state index contributed by atoms with van der Waals surface area (Å²) in [4.78, 5) is 24.8. The Labute approximate surface area is 108 Å². The lowest BCUT2D eigenvalue weighted by molar-refractivity contribution is -0.132. The zero-order valence-electron chi connectivity index (χ0n) is 10.4. The maximum atomic E-state index is 11.7. The van der Waals surface area contributed by atoms with E-state index in [0.717, 1.165) is 32.4 Å². The van der Waals surface area contributed by atoms with Gasteiger partial charge < -0.3 is 10.2 Å². The molecule has 0 saturated carbocycles. The van der Waals surface area contributed by atoms with E-state index in [0.29, 0.717) is 18.7 Å². The summed E-state index contributed by atoms with van der Waals surface area (Å²) < 4.78 is 0. The van der Waals surface area contributed by atoms with Crippen LogP contribution in [0.4, 0.5) is 0 Å². The quantitative estimate of drug-likeness (QED) is 0.762. The van der Waals surface area contributed by atoms with Crippen LogP contribution in [0.25, 0.3) is 0 Å². The van der Waals surface area contributed by atoms with Crippen molar-refractivity contribution in [3.63, 3.8) is 0 Å².